The summed E-state index contributed by atoms with van der Waals surface area (Å²) in [6.45, 7) is 5.58. The average molecular weight is 234 g/mol. The molecule has 2 rings (SSSR count). The third-order valence-electron chi connectivity index (χ3n) is 2.61. The molecule has 0 fully saturated rings. The summed E-state index contributed by atoms with van der Waals surface area (Å²) < 4.78 is 3.75. The molecule has 0 aliphatic carbocycles. The number of nitrogens with zero attached hydrogens (tertiary/aromatic N) is 5. The van der Waals surface area contributed by atoms with Crippen LogP contribution in [0.5, 0.6) is 0 Å². The van der Waals surface area contributed by atoms with Crippen molar-refractivity contribution in [3.63, 3.8) is 0 Å². The molecule has 0 bridgehead atoms. The van der Waals surface area contributed by atoms with Crippen LogP contribution in [0.3, 0.4) is 0 Å². The number of hydrogen-bond donors (Lipinski definition) is 1. The van der Waals surface area contributed by atoms with Crippen LogP contribution in [0.4, 0.5) is 0 Å². The summed E-state index contributed by atoms with van der Waals surface area (Å²) >= 11 is 0. The van der Waals surface area contributed by atoms with Gasteiger partial charge in [-0.15, -0.1) is 0 Å². The van der Waals surface area contributed by atoms with Crippen LogP contribution in [0.15, 0.2) is 18.7 Å². The van der Waals surface area contributed by atoms with Gasteiger partial charge >= 0.3 is 0 Å². The fraction of sp³-hybridized carbons (Fsp3) is 0.545. The lowest BCUT2D eigenvalue weighted by Crippen LogP contribution is -2.10. The first kappa shape index (κ1) is 11.8. The van der Waals surface area contributed by atoms with Gasteiger partial charge in [0.25, 0.3) is 0 Å². The van der Waals surface area contributed by atoms with Gasteiger partial charge < -0.3 is 5.73 Å². The summed E-state index contributed by atoms with van der Waals surface area (Å²) in [5.74, 6) is 0.922. The SMILES string of the molecule is CCCn1ncnc1Cn1cc(C(C)N)cn1. The van der Waals surface area contributed by atoms with Gasteiger partial charge in [-0.05, 0) is 13.3 Å². The van der Waals surface area contributed by atoms with Crippen molar-refractivity contribution in [2.24, 2.45) is 5.73 Å². The Balaban J connectivity index is 2.11. The van der Waals surface area contributed by atoms with Gasteiger partial charge in [0.2, 0.25) is 0 Å². The van der Waals surface area contributed by atoms with Gasteiger partial charge in [0.1, 0.15) is 18.7 Å². The number of hydrogen-bond acceptors (Lipinski definition) is 4. The first-order valence-corrected chi connectivity index (χ1v) is 5.85. The zero-order chi connectivity index (χ0) is 12.3. The normalized spacial score (nSPS) is 12.9. The monoisotopic (exact) mass is 234 g/mol. The van der Waals surface area contributed by atoms with Crippen LogP contribution in [0.2, 0.25) is 0 Å². The molecule has 1 unspecified atom stereocenters. The number of aryl methyl sites for hydroxylation is 1. The van der Waals surface area contributed by atoms with Crippen LogP contribution in [-0.2, 0) is 13.1 Å². The summed E-state index contributed by atoms with van der Waals surface area (Å²) in [5, 5.41) is 8.45. The molecule has 0 aromatic carbocycles. The molecule has 0 saturated carbocycles. The summed E-state index contributed by atoms with van der Waals surface area (Å²) in [6, 6.07) is 0.0114. The molecule has 0 spiro atoms. The van der Waals surface area contributed by atoms with Crippen LogP contribution in [-0.4, -0.2) is 24.5 Å². The summed E-state index contributed by atoms with van der Waals surface area (Å²) in [5.41, 5.74) is 6.83. The maximum atomic E-state index is 5.79. The van der Waals surface area contributed by atoms with Gasteiger partial charge in [0, 0.05) is 24.3 Å². The molecule has 2 N–H and O–H groups in total. The van der Waals surface area contributed by atoms with Crippen molar-refractivity contribution in [2.45, 2.75) is 39.4 Å². The maximum absolute atomic E-state index is 5.79. The summed E-state index contributed by atoms with van der Waals surface area (Å²) in [6.07, 6.45) is 6.38. The van der Waals surface area contributed by atoms with E-state index < -0.39 is 0 Å². The first-order valence-electron chi connectivity index (χ1n) is 5.85. The van der Waals surface area contributed by atoms with Crippen molar-refractivity contribution in [2.75, 3.05) is 0 Å². The van der Waals surface area contributed by atoms with Gasteiger partial charge in [-0.3, -0.25) is 4.68 Å². The van der Waals surface area contributed by atoms with E-state index in [0.29, 0.717) is 6.54 Å². The molecule has 92 valence electrons. The van der Waals surface area contributed by atoms with Crippen molar-refractivity contribution in [3.05, 3.63) is 30.1 Å². The average Bonchev–Trinajstić information content (AvgIpc) is 2.90. The molecule has 0 saturated heterocycles. The van der Waals surface area contributed by atoms with Crippen LogP contribution >= 0.6 is 0 Å². The van der Waals surface area contributed by atoms with E-state index in [-0.39, 0.29) is 6.04 Å². The topological polar surface area (TPSA) is 74.5 Å². The highest BCUT2D eigenvalue weighted by Crippen LogP contribution is 2.08. The largest absolute Gasteiger partial charge is 0.324 e. The Morgan fingerprint density at radius 2 is 2.24 bits per heavy atom. The lowest BCUT2D eigenvalue weighted by atomic mass is 10.2. The molecule has 2 aromatic rings. The molecule has 17 heavy (non-hydrogen) atoms. The van der Waals surface area contributed by atoms with E-state index in [1.165, 1.54) is 0 Å². The molecule has 6 heteroatoms. The Morgan fingerprint density at radius 1 is 1.41 bits per heavy atom. The van der Waals surface area contributed by atoms with Crippen molar-refractivity contribution < 1.29 is 0 Å². The molecule has 0 radical (unpaired) electrons. The van der Waals surface area contributed by atoms with Crippen LogP contribution in [0.25, 0.3) is 0 Å². The van der Waals surface area contributed by atoms with E-state index in [4.69, 9.17) is 5.73 Å². The van der Waals surface area contributed by atoms with Gasteiger partial charge in [-0.1, -0.05) is 6.92 Å². The molecule has 2 heterocycles. The van der Waals surface area contributed by atoms with Crippen molar-refractivity contribution in [1.82, 2.24) is 24.5 Å². The summed E-state index contributed by atoms with van der Waals surface area (Å²) in [7, 11) is 0. The highest BCUT2D eigenvalue weighted by molar-refractivity contribution is 5.08. The minimum absolute atomic E-state index is 0.0114. The standard InChI is InChI=1S/C11H18N6/c1-3-4-17-11(13-8-15-17)7-16-6-10(5-14-16)9(2)12/h5-6,8-9H,3-4,7,12H2,1-2H3. The number of rotatable bonds is 5. The second kappa shape index (κ2) is 5.09. The minimum atomic E-state index is 0.0114. The van der Waals surface area contributed by atoms with Gasteiger partial charge in [-0.25, -0.2) is 9.67 Å². The van der Waals surface area contributed by atoms with E-state index in [2.05, 4.69) is 22.1 Å². The number of nitrogens with two attached hydrogens (primary N) is 1. The molecule has 0 aliphatic rings. The third kappa shape index (κ3) is 2.71. The first-order chi connectivity index (χ1) is 8.20. The Kier molecular flexibility index (Phi) is 3.53. The second-order valence-electron chi connectivity index (χ2n) is 4.16. The zero-order valence-corrected chi connectivity index (χ0v) is 10.2. The molecular formula is C11H18N6. The zero-order valence-electron chi connectivity index (χ0n) is 10.2. The maximum Gasteiger partial charge on any atom is 0.148 e. The second-order valence-corrected chi connectivity index (χ2v) is 4.16. The van der Waals surface area contributed by atoms with E-state index in [9.17, 15) is 0 Å². The Morgan fingerprint density at radius 3 is 2.88 bits per heavy atom. The highest BCUT2D eigenvalue weighted by atomic mass is 15.4. The van der Waals surface area contributed by atoms with E-state index in [0.717, 1.165) is 24.4 Å². The van der Waals surface area contributed by atoms with Crippen molar-refractivity contribution >= 4 is 0 Å². The smallest absolute Gasteiger partial charge is 0.148 e. The molecule has 0 amide bonds. The van der Waals surface area contributed by atoms with Crippen LogP contribution in [0.1, 0.15) is 37.7 Å². The Hall–Kier alpha value is -1.69. The van der Waals surface area contributed by atoms with Crippen LogP contribution in [0, 0.1) is 0 Å². The predicted octanol–water partition coefficient (Wildman–Crippen LogP) is 0.953. The summed E-state index contributed by atoms with van der Waals surface area (Å²) in [4.78, 5) is 4.24. The minimum Gasteiger partial charge on any atom is -0.324 e. The molecule has 0 aliphatic heterocycles. The molecule has 6 nitrogen and oxygen atoms in total. The predicted molar refractivity (Wildman–Crippen MR) is 64.2 cm³/mol. The van der Waals surface area contributed by atoms with E-state index >= 15 is 0 Å². The molecular weight excluding hydrogens is 216 g/mol. The number of aromatic nitrogens is 5. The van der Waals surface area contributed by atoms with Crippen molar-refractivity contribution in [3.8, 4) is 0 Å². The Bertz CT molecular complexity index is 470. The fourth-order valence-corrected chi connectivity index (χ4v) is 1.66. The van der Waals surface area contributed by atoms with Gasteiger partial charge in [0.15, 0.2) is 0 Å². The quantitative estimate of drug-likeness (QED) is 0.836. The lowest BCUT2D eigenvalue weighted by molar-refractivity contribution is 0.539. The van der Waals surface area contributed by atoms with Crippen molar-refractivity contribution in [1.29, 1.82) is 0 Å². The highest BCUT2D eigenvalue weighted by Gasteiger charge is 2.07. The Labute approximate surface area is 100 Å². The van der Waals surface area contributed by atoms with Gasteiger partial charge in [-0.2, -0.15) is 10.2 Å². The third-order valence-corrected chi connectivity index (χ3v) is 2.61. The van der Waals surface area contributed by atoms with Gasteiger partial charge in [0.05, 0.1) is 6.20 Å². The van der Waals surface area contributed by atoms with Crippen LogP contribution < -0.4 is 5.73 Å². The molecule has 1 atom stereocenters. The van der Waals surface area contributed by atoms with E-state index in [1.54, 1.807) is 12.5 Å². The lowest BCUT2D eigenvalue weighted by Gasteiger charge is -2.04. The van der Waals surface area contributed by atoms with E-state index in [1.807, 2.05) is 22.5 Å². The molecule has 2 aromatic heterocycles. The fourth-order valence-electron chi connectivity index (χ4n) is 1.66.